The number of aromatic amines is 1. The monoisotopic (exact) mass is 1830 g/mol. The van der Waals surface area contributed by atoms with Gasteiger partial charge in [-0.1, -0.05) is 166 Å². The van der Waals surface area contributed by atoms with Crippen molar-refractivity contribution in [1.29, 1.82) is 0 Å². The van der Waals surface area contributed by atoms with Crippen LogP contribution in [0.25, 0.3) is 10.4 Å². The van der Waals surface area contributed by atoms with Crippen LogP contribution in [0.3, 0.4) is 0 Å². The number of aliphatic hydroxyl groups is 4. The third-order valence-corrected chi connectivity index (χ3v) is 26.6. The zero-order valence-electron chi connectivity index (χ0n) is 75.5. The van der Waals surface area contributed by atoms with Crippen molar-refractivity contribution in [3.8, 4) is 10.4 Å². The summed E-state index contributed by atoms with van der Waals surface area (Å²) in [5.41, 5.74) is -0.873. The van der Waals surface area contributed by atoms with E-state index in [2.05, 4.69) is 80.4 Å². The molecule has 0 bridgehead atoms. The molecule has 8 aliphatic rings. The van der Waals surface area contributed by atoms with Crippen molar-refractivity contribution in [2.45, 2.75) is 263 Å². The summed E-state index contributed by atoms with van der Waals surface area (Å²) in [5, 5.41) is 74.8. The number of hydrazone groups is 1. The summed E-state index contributed by atoms with van der Waals surface area (Å²) < 4.78 is 107. The number of hydrogen-bond donors (Lipinski definition) is 6. The molecule has 13 heterocycles. The molecule has 0 radical (unpaired) electrons. The number of halogens is 6. The number of alkyl halides is 6. The molecule has 8 aliphatic heterocycles. The summed E-state index contributed by atoms with van der Waals surface area (Å²) in [7, 11) is 0. The van der Waals surface area contributed by atoms with Crippen molar-refractivity contribution in [3.05, 3.63) is 193 Å². The number of amidine groups is 1. The lowest BCUT2D eigenvalue weighted by atomic mass is 9.85. The van der Waals surface area contributed by atoms with E-state index in [1.807, 2.05) is 92.6 Å². The summed E-state index contributed by atoms with van der Waals surface area (Å²) in [5.74, 6) is -2.27. The Labute approximate surface area is 752 Å². The van der Waals surface area contributed by atoms with Crippen LogP contribution in [0.4, 0.5) is 26.3 Å². The predicted molar refractivity (Wildman–Crippen MR) is 468 cm³/mol. The summed E-state index contributed by atoms with van der Waals surface area (Å²) in [6.45, 7) is 32.0. The van der Waals surface area contributed by atoms with Crippen LogP contribution in [-0.4, -0.2) is 217 Å². The number of aliphatic hydroxyl groups excluding tert-OH is 4. The molecule has 30 nitrogen and oxygen atoms in total. The molecule has 5 aromatic heterocycles. The molecule has 15 atom stereocenters. The minimum absolute atomic E-state index is 0.0107. The number of aryl methyl sites for hydroxylation is 4. The number of amides is 5. The van der Waals surface area contributed by atoms with Gasteiger partial charge in [0, 0.05) is 118 Å². The molecule has 130 heavy (non-hydrogen) atoms. The van der Waals surface area contributed by atoms with Crippen LogP contribution >= 0.6 is 11.3 Å². The van der Waals surface area contributed by atoms with E-state index in [0.29, 0.717) is 47.5 Å². The number of β-amino-alcohol motifs (C(OH)–C–C–N with tert-alkyl or cyclic N) is 4. The lowest BCUT2D eigenvalue weighted by Crippen LogP contribution is -2.48. The zero-order chi connectivity index (χ0) is 94.3. The average Bonchev–Trinajstić information content (AvgIpc) is 1.59. The summed E-state index contributed by atoms with van der Waals surface area (Å²) >= 11 is 1.67. The Hall–Kier alpha value is -11.2. The van der Waals surface area contributed by atoms with Gasteiger partial charge in [0.2, 0.25) is 23.6 Å². The Kier molecular flexibility index (Phi) is 28.4. The van der Waals surface area contributed by atoms with Crippen LogP contribution in [0.1, 0.15) is 214 Å². The van der Waals surface area contributed by atoms with E-state index in [1.165, 1.54) is 79.7 Å². The number of aromatic nitrogens is 4. The van der Waals surface area contributed by atoms with Gasteiger partial charge < -0.3 is 73.1 Å². The van der Waals surface area contributed by atoms with E-state index in [-0.39, 0.29) is 132 Å². The second kappa shape index (κ2) is 38.3. The van der Waals surface area contributed by atoms with Gasteiger partial charge in [0.15, 0.2) is 11.3 Å². The number of thiophene rings is 1. The van der Waals surface area contributed by atoms with Crippen molar-refractivity contribution < 1.29 is 98.5 Å². The largest absolute Gasteiger partial charge is 0.435 e. The van der Waals surface area contributed by atoms with Crippen LogP contribution in [0.5, 0.6) is 0 Å². The highest BCUT2D eigenvalue weighted by atomic mass is 32.1. The first-order valence-electron chi connectivity index (χ1n) is 43.9. The van der Waals surface area contributed by atoms with E-state index >= 15 is 0 Å². The molecular formula is C93H114F6N14O16S. The third kappa shape index (κ3) is 19.6. The van der Waals surface area contributed by atoms with E-state index in [4.69, 9.17) is 37.9 Å². The maximum atomic E-state index is 14.2. The molecule has 8 aromatic rings. The number of aliphatic imine (C=N–C) groups is 1. The Bertz CT molecular complexity index is 5380. The molecule has 0 spiro atoms. The minimum atomic E-state index is -4.73. The Morgan fingerprint density at radius 3 is 1.21 bits per heavy atom. The highest BCUT2D eigenvalue weighted by molar-refractivity contribution is 7.13. The third-order valence-electron chi connectivity index (χ3n) is 25.5. The topological polar surface area (TPSA) is 386 Å². The second-order valence-corrected chi connectivity index (χ2v) is 38.0. The highest BCUT2D eigenvalue weighted by Crippen LogP contribution is 2.52. The van der Waals surface area contributed by atoms with Crippen molar-refractivity contribution in [2.75, 3.05) is 32.7 Å². The summed E-state index contributed by atoms with van der Waals surface area (Å²) in [6.07, 6.45) is -11.9. The Morgan fingerprint density at radius 1 is 0.500 bits per heavy atom. The number of nitrogens with one attached hydrogen (secondary N) is 2. The fourth-order valence-corrected chi connectivity index (χ4v) is 19.8. The van der Waals surface area contributed by atoms with Gasteiger partial charge in [-0.3, -0.25) is 33.8 Å². The van der Waals surface area contributed by atoms with Gasteiger partial charge >= 0.3 is 12.4 Å². The number of oxime groups is 2. The number of hydrogen-bond acceptors (Lipinski definition) is 25. The molecule has 700 valence electrons. The number of carbonyl (C=O) groups is 5. The van der Waals surface area contributed by atoms with Crippen LogP contribution in [0, 0.1) is 51.4 Å². The molecule has 0 saturated carbocycles. The van der Waals surface area contributed by atoms with E-state index in [1.54, 1.807) is 61.3 Å². The van der Waals surface area contributed by atoms with E-state index < -0.39 is 114 Å². The van der Waals surface area contributed by atoms with E-state index in [9.17, 15) is 75.5 Å². The smallest absolute Gasteiger partial charge is 0.391 e. The van der Waals surface area contributed by atoms with Gasteiger partial charge in [0.25, 0.3) is 22.7 Å². The van der Waals surface area contributed by atoms with Crippen molar-refractivity contribution >= 4 is 63.8 Å². The van der Waals surface area contributed by atoms with Crippen molar-refractivity contribution in [3.63, 3.8) is 0 Å². The van der Waals surface area contributed by atoms with Gasteiger partial charge in [-0.25, -0.2) is 4.99 Å². The first-order chi connectivity index (χ1) is 61.3. The normalized spacial score (nSPS) is 25.8. The second-order valence-electron chi connectivity index (χ2n) is 37.1. The molecule has 3 aromatic carbocycles. The van der Waals surface area contributed by atoms with Crippen LogP contribution < -0.4 is 10.9 Å². The molecule has 4 unspecified atom stereocenters. The number of H-pyrrole nitrogens is 1. The fraction of sp³-hybridized carbons (Fsp3) is 0.538. The van der Waals surface area contributed by atoms with Gasteiger partial charge in [-0.05, 0) is 107 Å². The molecule has 4 saturated heterocycles. The first-order valence-corrected chi connectivity index (χ1v) is 44.7. The molecular weight excluding hydrogens is 1720 g/mol. The number of benzene rings is 3. The number of rotatable bonds is 21. The molecule has 37 heteroatoms. The SMILES string of the molecule is CCN1N=C([C@@H]2C[C@@H](O)CN2C(=O)[C@H](c2cc(C)no2)C(C)C)CC1(C)C.Cc1cc([C@H](C(=O)N2C[C@H](O)C[C@H]2C2=NO[C@@](c3ccccc3)(C(F)(F)F)C2)C(C)C)on1.Cc1cc([C@H](C(=O)N2C[C@H](O)C[C@H]2C2=NO[C@](c3ccccc3)(C(F)(F)F)C2)C(C)C)on1.Cc1ccsc1-c1ccc(C2(C)N=C(C3CC(O)CN3C(=O)C(c3cc(=O)[nH]o3)C(C)C)NC2=O)cc1. The molecule has 6 N–H and O–H groups in total. The van der Waals surface area contributed by atoms with Gasteiger partial charge in [-0.15, -0.1) is 11.3 Å². The van der Waals surface area contributed by atoms with Crippen LogP contribution in [-0.2, 0) is 50.4 Å². The van der Waals surface area contributed by atoms with E-state index in [0.717, 1.165) is 35.5 Å². The fourth-order valence-electron chi connectivity index (χ4n) is 18.8. The van der Waals surface area contributed by atoms with Crippen molar-refractivity contribution in [1.82, 2.24) is 50.6 Å². The van der Waals surface area contributed by atoms with Gasteiger partial charge in [-0.2, -0.15) is 36.6 Å². The Balaban J connectivity index is 0.000000149. The highest BCUT2D eigenvalue weighted by Gasteiger charge is 2.65. The zero-order valence-corrected chi connectivity index (χ0v) is 76.3. The van der Waals surface area contributed by atoms with Crippen LogP contribution in [0.2, 0.25) is 0 Å². The molecule has 4 fully saturated rings. The number of likely N-dealkylation sites (tertiary alicyclic amines) is 4. The quantitative estimate of drug-likeness (QED) is 0.0364. The van der Waals surface area contributed by atoms with Gasteiger partial charge in [0.1, 0.15) is 46.8 Å². The maximum absolute atomic E-state index is 14.2. The molecule has 0 aliphatic carbocycles. The molecule has 16 rings (SSSR count). The Morgan fingerprint density at radius 2 is 0.877 bits per heavy atom. The average molecular weight is 1830 g/mol. The predicted octanol–water partition coefficient (Wildman–Crippen LogP) is 13.5. The van der Waals surface area contributed by atoms with Crippen LogP contribution in [0.15, 0.2) is 164 Å². The van der Waals surface area contributed by atoms with Gasteiger partial charge in [0.05, 0.1) is 88.3 Å². The lowest BCUT2D eigenvalue weighted by Gasteiger charge is -2.31. The lowest BCUT2D eigenvalue weighted by molar-refractivity contribution is -0.276. The minimum Gasteiger partial charge on any atom is -0.391 e. The number of nitrogens with zero attached hydrogens (tertiary/aromatic N) is 12. The summed E-state index contributed by atoms with van der Waals surface area (Å²) in [4.78, 5) is 101. The standard InChI is InChI=1S/C27H30N4O5S.2C23H26F3N3O4.C20H32N4O3/c1-14(2)22(20-12-21(33)30-36-20)25(34)31-13-18(32)11-19(31)24-28-26(35)27(4,29-24)17-7-5-16(6-8-17)23-15(3)9-10-37-23;2*1-13(2)20(19-9-14(3)27-32-19)21(31)29-12-16(30)10-18(29)17-11-22(33-28-17,23(24,25)26)15-7-5-4-6-8-15;1-7-24-20(5,6)10-15(21-24)16-9-14(25)11-23(16)19(26)18(12(2)3)17-8-13(4)22-27-17/h5-10,12,14,18-19,22,32H,11,13H2,1-4H3,(H,30,33)(H,28,29,35);2*4-9,13,16,18,20,30H,10-12H2,1-3H3;8,12,14,16,18,25H,7,9-11H2,1-6H3/t;16-,18+,20-,22+;16-,18+,20-,22-;14-,16+,18+/m.111/s1. The number of carbonyl (C=O) groups excluding carboxylic acids is 5. The van der Waals surface area contributed by atoms with Crippen molar-refractivity contribution in [2.24, 2.45) is 44.1 Å². The maximum Gasteiger partial charge on any atom is 0.435 e. The summed E-state index contributed by atoms with van der Waals surface area (Å²) in [6, 6.07) is 28.6. The first kappa shape index (κ1) is 96.4. The molecule has 5 amide bonds.